The minimum Gasteiger partial charge on any atom is -0.446 e. The van der Waals surface area contributed by atoms with E-state index in [2.05, 4.69) is 44.0 Å². The van der Waals surface area contributed by atoms with Gasteiger partial charge < -0.3 is 4.42 Å². The molecule has 0 aliphatic carbocycles. The average molecular weight is 370 g/mol. The number of fused-ring (bicyclic) bond motifs is 2. The van der Waals surface area contributed by atoms with Crippen molar-refractivity contribution in [1.82, 2.24) is 4.98 Å². The number of halogens is 1. The summed E-state index contributed by atoms with van der Waals surface area (Å²) < 4.78 is 6.88. The summed E-state index contributed by atoms with van der Waals surface area (Å²) in [5.74, 6) is 0.665. The van der Waals surface area contributed by atoms with Gasteiger partial charge in [0.2, 0.25) is 5.71 Å². The number of nitrogens with zero attached hydrogens (tertiary/aromatic N) is 1. The highest BCUT2D eigenvalue weighted by molar-refractivity contribution is 7.19. The van der Waals surface area contributed by atoms with Crippen LogP contribution in [0.4, 0.5) is 0 Å². The zero-order valence-electron chi connectivity index (χ0n) is 14.8. The lowest BCUT2D eigenvalue weighted by atomic mass is 9.99. The molecule has 1 aromatic carbocycles. The number of pyridine rings is 1. The fraction of sp³-hybridized carbons (Fsp3) is 0.286. The molecule has 0 unspecified atom stereocenters. The van der Waals surface area contributed by atoms with Gasteiger partial charge in [-0.3, -0.25) is 0 Å². The maximum absolute atomic E-state index is 6.22. The molecule has 4 aromatic rings. The van der Waals surface area contributed by atoms with Crippen LogP contribution in [0.15, 0.2) is 34.9 Å². The summed E-state index contributed by atoms with van der Waals surface area (Å²) in [5.41, 5.74) is 5.33. The lowest BCUT2D eigenvalue weighted by Gasteiger charge is -2.05. The van der Waals surface area contributed by atoms with Crippen LogP contribution in [-0.2, 0) is 6.42 Å². The quantitative estimate of drug-likeness (QED) is 0.357. The van der Waals surface area contributed by atoms with Crippen LogP contribution in [-0.4, -0.2) is 4.98 Å². The first kappa shape index (κ1) is 16.6. The second kappa shape index (κ2) is 6.15. The van der Waals surface area contributed by atoms with Crippen molar-refractivity contribution < 1.29 is 4.42 Å². The second-order valence-corrected chi connectivity index (χ2v) is 8.57. The van der Waals surface area contributed by atoms with E-state index >= 15 is 0 Å². The van der Waals surface area contributed by atoms with Crippen molar-refractivity contribution in [2.24, 2.45) is 5.92 Å². The fourth-order valence-corrected chi connectivity index (χ4v) is 5.05. The van der Waals surface area contributed by atoms with Gasteiger partial charge in [0.25, 0.3) is 0 Å². The Morgan fingerprint density at radius 1 is 1.20 bits per heavy atom. The number of thiophene rings is 1. The molecule has 0 saturated heterocycles. The summed E-state index contributed by atoms with van der Waals surface area (Å²) >= 11 is 8.12. The van der Waals surface area contributed by atoms with E-state index in [0.717, 1.165) is 28.5 Å². The van der Waals surface area contributed by atoms with Gasteiger partial charge in [-0.25, -0.2) is 4.98 Å². The third kappa shape index (κ3) is 2.86. The Bertz CT molecular complexity index is 1090. The Morgan fingerprint density at radius 3 is 2.76 bits per heavy atom. The Labute approximate surface area is 156 Å². The minimum absolute atomic E-state index is 0.458. The lowest BCUT2D eigenvalue weighted by Crippen LogP contribution is -1.92. The SMILES string of the molecule is Cc1c(CC(C)C)sc2cc(-c3cc(Cl)nc4occ(C)c34)ccc12. The van der Waals surface area contributed by atoms with Crippen LogP contribution in [0, 0.1) is 19.8 Å². The normalized spacial score (nSPS) is 11.9. The molecule has 128 valence electrons. The van der Waals surface area contributed by atoms with Crippen molar-refractivity contribution in [2.45, 2.75) is 34.1 Å². The molecular formula is C21H20ClNOS. The van der Waals surface area contributed by atoms with Crippen molar-refractivity contribution >= 4 is 44.1 Å². The fourth-order valence-electron chi connectivity index (χ4n) is 3.40. The van der Waals surface area contributed by atoms with Gasteiger partial charge in [-0.2, -0.15) is 0 Å². The van der Waals surface area contributed by atoms with Gasteiger partial charge in [0.05, 0.1) is 11.6 Å². The minimum atomic E-state index is 0.458. The maximum atomic E-state index is 6.22. The van der Waals surface area contributed by atoms with E-state index in [9.17, 15) is 0 Å². The predicted molar refractivity (Wildman–Crippen MR) is 108 cm³/mol. The van der Waals surface area contributed by atoms with Gasteiger partial charge in [0.15, 0.2) is 0 Å². The van der Waals surface area contributed by atoms with Gasteiger partial charge in [0, 0.05) is 9.58 Å². The monoisotopic (exact) mass is 369 g/mol. The van der Waals surface area contributed by atoms with Crippen LogP contribution in [0.5, 0.6) is 0 Å². The summed E-state index contributed by atoms with van der Waals surface area (Å²) in [4.78, 5) is 5.78. The molecule has 2 nitrogen and oxygen atoms in total. The number of rotatable bonds is 3. The van der Waals surface area contributed by atoms with E-state index < -0.39 is 0 Å². The standard InChI is InChI=1S/C21H20ClNOS/c1-11(2)7-17-13(4)15-6-5-14(8-18(15)25-17)16-9-19(22)23-21-20(16)12(3)10-24-21/h5-6,8-11H,7H2,1-4H3. The molecule has 4 rings (SSSR count). The molecule has 0 radical (unpaired) electrons. The number of benzene rings is 1. The molecule has 0 N–H and O–H groups in total. The Kier molecular flexibility index (Phi) is 4.09. The Hall–Kier alpha value is -1.84. The molecule has 4 heteroatoms. The summed E-state index contributed by atoms with van der Waals surface area (Å²) in [5, 5.41) is 2.85. The van der Waals surface area contributed by atoms with Crippen molar-refractivity contribution in [2.75, 3.05) is 0 Å². The molecule has 0 bridgehead atoms. The van der Waals surface area contributed by atoms with E-state index in [1.807, 2.05) is 24.3 Å². The zero-order chi connectivity index (χ0) is 17.7. The highest BCUT2D eigenvalue weighted by Gasteiger charge is 2.15. The maximum Gasteiger partial charge on any atom is 0.228 e. The van der Waals surface area contributed by atoms with Crippen LogP contribution in [0.1, 0.15) is 29.9 Å². The Balaban J connectivity index is 1.92. The molecule has 0 amide bonds. The highest BCUT2D eigenvalue weighted by atomic mass is 35.5. The van der Waals surface area contributed by atoms with Crippen molar-refractivity contribution in [3.63, 3.8) is 0 Å². The molecule has 0 spiro atoms. The average Bonchev–Trinajstić information content (AvgIpc) is 3.07. The van der Waals surface area contributed by atoms with E-state index in [1.54, 1.807) is 6.26 Å². The third-order valence-electron chi connectivity index (χ3n) is 4.64. The molecule has 0 aliphatic heterocycles. The van der Waals surface area contributed by atoms with Crippen LogP contribution >= 0.6 is 22.9 Å². The van der Waals surface area contributed by atoms with Crippen molar-refractivity contribution in [1.29, 1.82) is 0 Å². The van der Waals surface area contributed by atoms with Gasteiger partial charge in [-0.1, -0.05) is 37.6 Å². The molecule has 3 aromatic heterocycles. The molecule has 0 atom stereocenters. The van der Waals surface area contributed by atoms with Gasteiger partial charge >= 0.3 is 0 Å². The molecule has 3 heterocycles. The van der Waals surface area contributed by atoms with Crippen LogP contribution in [0.2, 0.25) is 5.15 Å². The first-order chi connectivity index (χ1) is 11.9. The Morgan fingerprint density at radius 2 is 2.00 bits per heavy atom. The van der Waals surface area contributed by atoms with Crippen LogP contribution in [0.25, 0.3) is 32.3 Å². The first-order valence-electron chi connectivity index (χ1n) is 8.50. The van der Waals surface area contributed by atoms with Crippen LogP contribution < -0.4 is 0 Å². The third-order valence-corrected chi connectivity index (χ3v) is 6.11. The summed E-state index contributed by atoms with van der Waals surface area (Å²) in [6.07, 6.45) is 2.87. The molecular weight excluding hydrogens is 350 g/mol. The molecule has 25 heavy (non-hydrogen) atoms. The largest absolute Gasteiger partial charge is 0.446 e. The van der Waals surface area contributed by atoms with Crippen LogP contribution in [0.3, 0.4) is 0 Å². The van der Waals surface area contributed by atoms with Crippen molar-refractivity contribution in [3.8, 4) is 11.1 Å². The number of hydrogen-bond acceptors (Lipinski definition) is 3. The number of furan rings is 1. The van der Waals surface area contributed by atoms with E-state index in [-0.39, 0.29) is 0 Å². The summed E-state index contributed by atoms with van der Waals surface area (Å²) in [7, 11) is 0. The lowest BCUT2D eigenvalue weighted by molar-refractivity contribution is 0.601. The van der Waals surface area contributed by atoms with Gasteiger partial charge in [-0.05, 0) is 66.0 Å². The molecule has 0 fully saturated rings. The zero-order valence-corrected chi connectivity index (χ0v) is 16.4. The number of aryl methyl sites for hydroxylation is 2. The summed E-state index contributed by atoms with van der Waals surface area (Å²) in [6.45, 7) is 8.82. The smallest absolute Gasteiger partial charge is 0.228 e. The highest BCUT2D eigenvalue weighted by Crippen LogP contribution is 2.38. The van der Waals surface area contributed by atoms with Crippen molar-refractivity contribution in [3.05, 3.63) is 51.7 Å². The summed E-state index contributed by atoms with van der Waals surface area (Å²) in [6, 6.07) is 8.62. The molecule has 0 saturated carbocycles. The van der Waals surface area contributed by atoms with Gasteiger partial charge in [0.1, 0.15) is 5.15 Å². The predicted octanol–water partition coefficient (Wildman–Crippen LogP) is 7.18. The molecule has 0 aliphatic rings. The number of hydrogen-bond donors (Lipinski definition) is 0. The van der Waals surface area contributed by atoms with Gasteiger partial charge in [-0.15, -0.1) is 11.3 Å². The second-order valence-electron chi connectivity index (χ2n) is 7.05. The van der Waals surface area contributed by atoms with E-state index in [0.29, 0.717) is 16.8 Å². The van der Waals surface area contributed by atoms with E-state index in [1.165, 1.54) is 20.5 Å². The van der Waals surface area contributed by atoms with E-state index in [4.69, 9.17) is 16.0 Å². The number of aromatic nitrogens is 1. The first-order valence-corrected chi connectivity index (χ1v) is 9.70. The topological polar surface area (TPSA) is 26.0 Å².